The van der Waals surface area contributed by atoms with Crippen LogP contribution in [0.15, 0.2) is 42.5 Å². The molecule has 1 aliphatic heterocycles. The average molecular weight is 434 g/mol. The zero-order valence-electron chi connectivity index (χ0n) is 17.8. The Balaban J connectivity index is 0.00000320. The van der Waals surface area contributed by atoms with Crippen LogP contribution in [-0.4, -0.2) is 62.7 Å². The Kier molecular flexibility index (Phi) is 9.43. The van der Waals surface area contributed by atoms with Crippen LogP contribution < -0.4 is 15.2 Å². The minimum atomic E-state index is 0. The number of methoxy groups -OCH3 is 2. The van der Waals surface area contributed by atoms with E-state index in [1.165, 1.54) is 11.1 Å². The van der Waals surface area contributed by atoms with E-state index in [2.05, 4.69) is 17.0 Å². The number of amides is 1. The second-order valence-electron chi connectivity index (χ2n) is 7.34. The van der Waals surface area contributed by atoms with Crippen LogP contribution in [0, 0.1) is 0 Å². The van der Waals surface area contributed by atoms with Crippen LogP contribution in [0.2, 0.25) is 0 Å². The lowest BCUT2D eigenvalue weighted by atomic mass is 9.98. The number of nitrogens with two attached hydrogens (primary N) is 1. The van der Waals surface area contributed by atoms with Crippen LogP contribution in [-0.2, 0) is 24.2 Å². The van der Waals surface area contributed by atoms with Crippen molar-refractivity contribution in [3.63, 3.8) is 0 Å². The quantitative estimate of drug-likeness (QED) is 0.658. The molecule has 7 heteroatoms. The van der Waals surface area contributed by atoms with E-state index < -0.39 is 0 Å². The summed E-state index contributed by atoms with van der Waals surface area (Å²) < 4.78 is 10.8. The molecule has 30 heavy (non-hydrogen) atoms. The number of halogens is 1. The lowest BCUT2D eigenvalue weighted by Crippen LogP contribution is -2.44. The van der Waals surface area contributed by atoms with E-state index in [4.69, 9.17) is 15.2 Å². The van der Waals surface area contributed by atoms with Gasteiger partial charge in [0, 0.05) is 32.7 Å². The predicted molar refractivity (Wildman–Crippen MR) is 122 cm³/mol. The number of ether oxygens (including phenoxy) is 2. The minimum absolute atomic E-state index is 0. The maximum atomic E-state index is 13.0. The highest BCUT2D eigenvalue weighted by molar-refractivity contribution is 5.85. The molecule has 0 bridgehead atoms. The van der Waals surface area contributed by atoms with E-state index in [1.54, 1.807) is 14.2 Å². The number of hydrogen-bond acceptors (Lipinski definition) is 5. The summed E-state index contributed by atoms with van der Waals surface area (Å²) in [6.45, 7) is 3.80. The van der Waals surface area contributed by atoms with Crippen LogP contribution in [0.3, 0.4) is 0 Å². The fraction of sp³-hybridized carbons (Fsp3) is 0.435. The number of benzene rings is 2. The summed E-state index contributed by atoms with van der Waals surface area (Å²) in [6, 6.07) is 14.3. The van der Waals surface area contributed by atoms with Crippen molar-refractivity contribution in [3.05, 3.63) is 59.2 Å². The third kappa shape index (κ3) is 6.11. The Morgan fingerprint density at radius 3 is 2.37 bits per heavy atom. The summed E-state index contributed by atoms with van der Waals surface area (Å²) in [4.78, 5) is 17.1. The van der Waals surface area contributed by atoms with Crippen LogP contribution in [0.5, 0.6) is 11.5 Å². The molecular weight excluding hydrogens is 402 g/mol. The molecule has 0 aliphatic carbocycles. The van der Waals surface area contributed by atoms with Gasteiger partial charge in [-0.25, -0.2) is 0 Å². The predicted octanol–water partition coefficient (Wildman–Crippen LogP) is 2.51. The molecule has 2 N–H and O–H groups in total. The van der Waals surface area contributed by atoms with E-state index >= 15 is 0 Å². The van der Waals surface area contributed by atoms with Crippen LogP contribution >= 0.6 is 12.4 Å². The summed E-state index contributed by atoms with van der Waals surface area (Å²) in [5, 5.41) is 0. The van der Waals surface area contributed by atoms with Crippen molar-refractivity contribution >= 4 is 18.3 Å². The van der Waals surface area contributed by atoms with E-state index in [0.717, 1.165) is 37.2 Å². The van der Waals surface area contributed by atoms with E-state index in [-0.39, 0.29) is 18.3 Å². The van der Waals surface area contributed by atoms with Gasteiger partial charge in [-0.1, -0.05) is 30.3 Å². The number of nitrogens with zero attached hydrogens (tertiary/aromatic N) is 2. The Labute approximate surface area is 185 Å². The van der Waals surface area contributed by atoms with Gasteiger partial charge in [0.05, 0.1) is 20.8 Å². The molecule has 3 rings (SSSR count). The fourth-order valence-corrected chi connectivity index (χ4v) is 3.77. The molecule has 6 nitrogen and oxygen atoms in total. The number of carbonyl (C=O) groups is 1. The highest BCUT2D eigenvalue weighted by atomic mass is 35.5. The van der Waals surface area contributed by atoms with Gasteiger partial charge in [-0.2, -0.15) is 0 Å². The van der Waals surface area contributed by atoms with Crippen molar-refractivity contribution in [3.8, 4) is 11.5 Å². The summed E-state index contributed by atoms with van der Waals surface area (Å²) in [5.74, 6) is 1.58. The van der Waals surface area contributed by atoms with Gasteiger partial charge in [-0.15, -0.1) is 12.4 Å². The summed E-state index contributed by atoms with van der Waals surface area (Å²) >= 11 is 0. The number of fused-ring (bicyclic) bond motifs is 1. The highest BCUT2D eigenvalue weighted by Gasteiger charge is 2.24. The second kappa shape index (κ2) is 11.8. The Hall–Kier alpha value is -2.28. The third-order valence-electron chi connectivity index (χ3n) is 5.43. The lowest BCUT2D eigenvalue weighted by Gasteiger charge is -2.31. The molecular formula is C23H32ClN3O3. The molecule has 2 aromatic carbocycles. The molecule has 0 saturated carbocycles. The lowest BCUT2D eigenvalue weighted by molar-refractivity contribution is -0.133. The average Bonchev–Trinajstić information content (AvgIpc) is 2.76. The second-order valence-corrected chi connectivity index (χ2v) is 7.34. The van der Waals surface area contributed by atoms with Crippen LogP contribution in [0.25, 0.3) is 0 Å². The molecule has 1 amide bonds. The van der Waals surface area contributed by atoms with Gasteiger partial charge in [0.1, 0.15) is 0 Å². The van der Waals surface area contributed by atoms with Crippen LogP contribution in [0.1, 0.15) is 16.7 Å². The molecule has 0 radical (unpaired) electrons. The normalized spacial score (nSPS) is 12.9. The van der Waals surface area contributed by atoms with E-state index in [0.29, 0.717) is 31.9 Å². The molecule has 0 aromatic heterocycles. The first-order chi connectivity index (χ1) is 14.1. The van der Waals surface area contributed by atoms with Gasteiger partial charge in [0.15, 0.2) is 11.5 Å². The molecule has 0 atom stereocenters. The molecule has 1 heterocycles. The molecule has 0 spiro atoms. The zero-order valence-corrected chi connectivity index (χ0v) is 18.6. The van der Waals surface area contributed by atoms with Gasteiger partial charge in [0.25, 0.3) is 0 Å². The number of hydrogen-bond donors (Lipinski definition) is 1. The van der Waals surface area contributed by atoms with E-state index in [9.17, 15) is 4.79 Å². The first kappa shape index (κ1) is 24.0. The summed E-state index contributed by atoms with van der Waals surface area (Å²) in [6.07, 6.45) is 1.73. The molecule has 2 aromatic rings. The van der Waals surface area contributed by atoms with Crippen LogP contribution in [0.4, 0.5) is 0 Å². The highest BCUT2D eigenvalue weighted by Crippen LogP contribution is 2.33. The molecule has 0 saturated heterocycles. The Bertz CT molecular complexity index is 817. The smallest absolute Gasteiger partial charge is 0.237 e. The molecule has 0 fully saturated rings. The summed E-state index contributed by atoms with van der Waals surface area (Å²) in [7, 11) is 3.28. The Morgan fingerprint density at radius 1 is 1.07 bits per heavy atom. The molecule has 164 valence electrons. The van der Waals surface area contributed by atoms with Gasteiger partial charge in [0.2, 0.25) is 5.91 Å². The number of carbonyl (C=O) groups excluding carboxylic acids is 1. The topological polar surface area (TPSA) is 68.0 Å². The van der Waals surface area contributed by atoms with Gasteiger partial charge in [-0.3, -0.25) is 9.69 Å². The van der Waals surface area contributed by atoms with Gasteiger partial charge < -0.3 is 20.1 Å². The van der Waals surface area contributed by atoms with Crippen molar-refractivity contribution < 1.29 is 14.3 Å². The van der Waals surface area contributed by atoms with Gasteiger partial charge >= 0.3 is 0 Å². The van der Waals surface area contributed by atoms with E-state index in [1.807, 2.05) is 35.2 Å². The molecule has 0 unspecified atom stereocenters. The first-order valence-electron chi connectivity index (χ1n) is 10.1. The van der Waals surface area contributed by atoms with Crippen molar-refractivity contribution in [1.82, 2.24) is 9.80 Å². The monoisotopic (exact) mass is 433 g/mol. The first-order valence-corrected chi connectivity index (χ1v) is 10.1. The number of rotatable bonds is 9. The fourth-order valence-electron chi connectivity index (χ4n) is 3.77. The molecule has 1 aliphatic rings. The minimum Gasteiger partial charge on any atom is -0.493 e. The summed E-state index contributed by atoms with van der Waals surface area (Å²) in [5.41, 5.74) is 9.40. The van der Waals surface area contributed by atoms with Crippen molar-refractivity contribution in [2.24, 2.45) is 5.73 Å². The SMILES string of the molecule is COc1cc2c(cc1OC)CN(C(=O)CN(CCN)CCc1ccccc1)CC2.Cl. The largest absolute Gasteiger partial charge is 0.493 e. The maximum Gasteiger partial charge on any atom is 0.237 e. The standard InChI is InChI=1S/C23H31N3O3.ClH/c1-28-21-14-19-9-12-26(16-20(19)15-22(21)29-2)23(27)17-25(13-10-24)11-8-18-6-4-3-5-7-18;/h3-7,14-15H,8-13,16-17,24H2,1-2H3;1H. The zero-order chi connectivity index (χ0) is 20.6. The van der Waals surface area contributed by atoms with Gasteiger partial charge in [-0.05, 0) is 41.7 Å². The third-order valence-corrected chi connectivity index (χ3v) is 5.43. The van der Waals surface area contributed by atoms with Crippen molar-refractivity contribution in [1.29, 1.82) is 0 Å². The Morgan fingerprint density at radius 2 is 1.73 bits per heavy atom. The maximum absolute atomic E-state index is 13.0. The van der Waals surface area contributed by atoms with Crippen molar-refractivity contribution in [2.75, 3.05) is 46.9 Å². The van der Waals surface area contributed by atoms with Crippen molar-refractivity contribution in [2.45, 2.75) is 19.4 Å².